The van der Waals surface area contributed by atoms with Crippen molar-refractivity contribution >= 4 is 5.82 Å². The highest BCUT2D eigenvalue weighted by atomic mass is 15.2. The van der Waals surface area contributed by atoms with Gasteiger partial charge in [0.25, 0.3) is 0 Å². The summed E-state index contributed by atoms with van der Waals surface area (Å²) in [6, 6.07) is 4.23. The third kappa shape index (κ3) is 4.35. The number of nitrogens with zero attached hydrogens (tertiary/aromatic N) is 2. The molecule has 0 saturated heterocycles. The lowest BCUT2D eigenvalue weighted by molar-refractivity contribution is 0.754. The fourth-order valence-corrected chi connectivity index (χ4v) is 1.84. The molecule has 17 heavy (non-hydrogen) atoms. The van der Waals surface area contributed by atoms with E-state index in [1.807, 2.05) is 0 Å². The van der Waals surface area contributed by atoms with Gasteiger partial charge < -0.3 is 10.6 Å². The van der Waals surface area contributed by atoms with Gasteiger partial charge in [-0.15, -0.1) is 0 Å². The first-order valence-electron chi connectivity index (χ1n) is 6.62. The molecule has 0 unspecified atom stereocenters. The molecular weight excluding hydrogens is 210 g/mol. The van der Waals surface area contributed by atoms with Crippen molar-refractivity contribution in [2.75, 3.05) is 18.5 Å². The Labute approximate surface area is 105 Å². The van der Waals surface area contributed by atoms with Gasteiger partial charge in [0, 0.05) is 25.8 Å². The molecule has 0 aromatic carbocycles. The number of aryl methyl sites for hydroxylation is 1. The summed E-state index contributed by atoms with van der Waals surface area (Å²) < 4.78 is 0. The van der Waals surface area contributed by atoms with Crippen molar-refractivity contribution in [1.82, 2.24) is 4.98 Å². The lowest BCUT2D eigenvalue weighted by Crippen LogP contribution is -2.20. The van der Waals surface area contributed by atoms with E-state index in [-0.39, 0.29) is 0 Å². The number of pyridine rings is 1. The Morgan fingerprint density at radius 1 is 1.24 bits per heavy atom. The Balaban J connectivity index is 2.85. The molecular formula is C14H25N3. The summed E-state index contributed by atoms with van der Waals surface area (Å²) in [6.07, 6.45) is 4.57. The lowest BCUT2D eigenvalue weighted by Gasteiger charge is -2.19. The summed E-state index contributed by atoms with van der Waals surface area (Å²) in [5.74, 6) is 1.06. The number of rotatable bonds is 7. The zero-order valence-corrected chi connectivity index (χ0v) is 11.4. The monoisotopic (exact) mass is 235 g/mol. The molecule has 1 rings (SSSR count). The summed E-state index contributed by atoms with van der Waals surface area (Å²) >= 11 is 0. The number of nitrogens with two attached hydrogens (primary N) is 1. The first-order valence-corrected chi connectivity index (χ1v) is 6.62. The molecule has 0 spiro atoms. The molecule has 0 aliphatic heterocycles. The van der Waals surface area contributed by atoms with E-state index in [1.165, 1.54) is 18.4 Å². The van der Waals surface area contributed by atoms with E-state index in [9.17, 15) is 0 Å². The molecule has 3 heteroatoms. The van der Waals surface area contributed by atoms with Crippen LogP contribution in [0.1, 0.15) is 44.4 Å². The van der Waals surface area contributed by atoms with Crippen LogP contribution in [-0.2, 0) is 13.0 Å². The van der Waals surface area contributed by atoms with Gasteiger partial charge in [0.05, 0.1) is 0 Å². The second kappa shape index (κ2) is 7.28. The van der Waals surface area contributed by atoms with Crippen molar-refractivity contribution in [3.8, 4) is 0 Å². The second-order valence-electron chi connectivity index (χ2n) is 4.55. The van der Waals surface area contributed by atoms with Crippen LogP contribution >= 0.6 is 0 Å². The van der Waals surface area contributed by atoms with E-state index >= 15 is 0 Å². The van der Waals surface area contributed by atoms with Crippen LogP contribution in [0.15, 0.2) is 12.1 Å². The van der Waals surface area contributed by atoms with Crippen LogP contribution in [0.2, 0.25) is 0 Å². The maximum absolute atomic E-state index is 5.74. The van der Waals surface area contributed by atoms with E-state index < -0.39 is 0 Å². The van der Waals surface area contributed by atoms with E-state index in [4.69, 9.17) is 10.7 Å². The molecule has 0 radical (unpaired) electrons. The Morgan fingerprint density at radius 2 is 2.00 bits per heavy atom. The summed E-state index contributed by atoms with van der Waals surface area (Å²) in [7, 11) is 2.11. The number of hydrogen-bond donors (Lipinski definition) is 1. The summed E-state index contributed by atoms with van der Waals surface area (Å²) in [4.78, 5) is 6.92. The van der Waals surface area contributed by atoms with Crippen LogP contribution < -0.4 is 10.6 Å². The predicted molar refractivity (Wildman–Crippen MR) is 74.3 cm³/mol. The summed E-state index contributed by atoms with van der Waals surface area (Å²) in [6.45, 7) is 6.04. The number of aromatic nitrogens is 1. The number of anilines is 1. The van der Waals surface area contributed by atoms with Crippen molar-refractivity contribution in [3.05, 3.63) is 23.4 Å². The first kappa shape index (κ1) is 14.0. The lowest BCUT2D eigenvalue weighted by atomic mass is 10.1. The molecule has 96 valence electrons. The minimum absolute atomic E-state index is 0.591. The standard InChI is InChI=1S/C14H25N3/c1-4-6-8-17(3)14-10-12(11-15)9-13(16-14)7-5-2/h9-10H,4-8,11,15H2,1-3H3. The third-order valence-corrected chi connectivity index (χ3v) is 2.90. The Morgan fingerprint density at radius 3 is 2.59 bits per heavy atom. The Bertz CT molecular complexity index is 336. The van der Waals surface area contributed by atoms with E-state index in [0.717, 1.165) is 30.9 Å². The minimum Gasteiger partial charge on any atom is -0.360 e. The fraction of sp³-hybridized carbons (Fsp3) is 0.643. The van der Waals surface area contributed by atoms with Crippen molar-refractivity contribution in [3.63, 3.8) is 0 Å². The zero-order valence-electron chi connectivity index (χ0n) is 11.4. The molecule has 1 aromatic heterocycles. The van der Waals surface area contributed by atoms with Crippen LogP contribution in [0.25, 0.3) is 0 Å². The molecule has 3 nitrogen and oxygen atoms in total. The average Bonchev–Trinajstić information content (AvgIpc) is 2.35. The van der Waals surface area contributed by atoms with Gasteiger partial charge in [-0.3, -0.25) is 0 Å². The molecule has 1 aromatic rings. The van der Waals surface area contributed by atoms with Gasteiger partial charge in [-0.25, -0.2) is 4.98 Å². The maximum atomic E-state index is 5.74. The van der Waals surface area contributed by atoms with E-state index in [0.29, 0.717) is 6.54 Å². The SMILES string of the molecule is CCCCN(C)c1cc(CN)cc(CCC)n1. The maximum Gasteiger partial charge on any atom is 0.128 e. The van der Waals surface area contributed by atoms with Gasteiger partial charge in [0.15, 0.2) is 0 Å². The molecule has 1 heterocycles. The van der Waals surface area contributed by atoms with Gasteiger partial charge in [0.2, 0.25) is 0 Å². The van der Waals surface area contributed by atoms with Gasteiger partial charge in [-0.2, -0.15) is 0 Å². The molecule has 0 fully saturated rings. The molecule has 0 saturated carbocycles. The highest BCUT2D eigenvalue weighted by Crippen LogP contribution is 2.15. The van der Waals surface area contributed by atoms with E-state index in [1.54, 1.807) is 0 Å². The molecule has 0 aliphatic carbocycles. The van der Waals surface area contributed by atoms with Crippen LogP contribution in [0.5, 0.6) is 0 Å². The molecule has 0 aliphatic rings. The molecule has 0 amide bonds. The zero-order chi connectivity index (χ0) is 12.7. The third-order valence-electron chi connectivity index (χ3n) is 2.90. The smallest absolute Gasteiger partial charge is 0.128 e. The van der Waals surface area contributed by atoms with Gasteiger partial charge >= 0.3 is 0 Å². The van der Waals surface area contributed by atoms with Crippen molar-refractivity contribution in [2.45, 2.75) is 46.1 Å². The normalized spacial score (nSPS) is 10.6. The Hall–Kier alpha value is -1.09. The minimum atomic E-state index is 0.591. The van der Waals surface area contributed by atoms with Gasteiger partial charge in [-0.1, -0.05) is 26.7 Å². The van der Waals surface area contributed by atoms with Crippen LogP contribution in [-0.4, -0.2) is 18.6 Å². The summed E-state index contributed by atoms with van der Waals surface area (Å²) in [5.41, 5.74) is 8.08. The predicted octanol–water partition coefficient (Wildman–Crippen LogP) is 2.73. The quantitative estimate of drug-likeness (QED) is 0.790. The van der Waals surface area contributed by atoms with Crippen LogP contribution in [0, 0.1) is 0 Å². The topological polar surface area (TPSA) is 42.1 Å². The van der Waals surface area contributed by atoms with Gasteiger partial charge in [-0.05, 0) is 30.5 Å². The van der Waals surface area contributed by atoms with Crippen LogP contribution in [0.4, 0.5) is 5.82 Å². The molecule has 2 N–H and O–H groups in total. The summed E-state index contributed by atoms with van der Waals surface area (Å²) in [5, 5.41) is 0. The molecule has 0 atom stereocenters. The van der Waals surface area contributed by atoms with Gasteiger partial charge in [0.1, 0.15) is 5.82 Å². The fourth-order valence-electron chi connectivity index (χ4n) is 1.84. The second-order valence-corrected chi connectivity index (χ2v) is 4.55. The number of unbranched alkanes of at least 4 members (excludes halogenated alkanes) is 1. The highest BCUT2D eigenvalue weighted by Gasteiger charge is 2.05. The Kier molecular flexibility index (Phi) is 5.98. The van der Waals surface area contributed by atoms with Crippen molar-refractivity contribution < 1.29 is 0 Å². The first-order chi connectivity index (χ1) is 8.21. The number of hydrogen-bond acceptors (Lipinski definition) is 3. The van der Waals surface area contributed by atoms with Crippen molar-refractivity contribution in [2.24, 2.45) is 5.73 Å². The van der Waals surface area contributed by atoms with E-state index in [2.05, 4.69) is 37.9 Å². The molecule has 0 bridgehead atoms. The average molecular weight is 235 g/mol. The van der Waals surface area contributed by atoms with Crippen molar-refractivity contribution in [1.29, 1.82) is 0 Å². The van der Waals surface area contributed by atoms with Crippen LogP contribution in [0.3, 0.4) is 0 Å². The largest absolute Gasteiger partial charge is 0.360 e. The highest BCUT2D eigenvalue weighted by molar-refractivity contribution is 5.42.